The van der Waals surface area contributed by atoms with E-state index in [1.54, 1.807) is 15.7 Å². The van der Waals surface area contributed by atoms with E-state index in [1.165, 1.54) is 0 Å². The number of anilines is 1. The highest BCUT2D eigenvalue weighted by atomic mass is 32.2. The van der Waals surface area contributed by atoms with Gasteiger partial charge in [-0.2, -0.15) is 17.0 Å². The minimum atomic E-state index is -3.34. The van der Waals surface area contributed by atoms with Gasteiger partial charge in [-0.25, -0.2) is 0 Å². The summed E-state index contributed by atoms with van der Waals surface area (Å²) in [6.45, 7) is 3.15. The van der Waals surface area contributed by atoms with Crippen LogP contribution in [0.4, 0.5) is 5.69 Å². The van der Waals surface area contributed by atoms with Gasteiger partial charge >= 0.3 is 0 Å². The summed E-state index contributed by atoms with van der Waals surface area (Å²) in [7, 11) is -1.62. The van der Waals surface area contributed by atoms with Crippen LogP contribution in [0.2, 0.25) is 0 Å². The van der Waals surface area contributed by atoms with Crippen molar-refractivity contribution in [2.75, 3.05) is 25.5 Å². The quantitative estimate of drug-likeness (QED) is 0.873. The van der Waals surface area contributed by atoms with Crippen molar-refractivity contribution in [2.45, 2.75) is 38.3 Å². The fraction of sp³-hybridized carbons (Fsp3) is 0.625. The molecule has 1 aliphatic carbocycles. The number of benzene rings is 1. The van der Waals surface area contributed by atoms with Crippen molar-refractivity contribution in [1.29, 1.82) is 0 Å². The molecule has 0 aromatic heterocycles. The Labute approximate surface area is 133 Å². The predicted octanol–water partition coefficient (Wildman–Crippen LogP) is 2.15. The Balaban J connectivity index is 1.61. The van der Waals surface area contributed by atoms with E-state index in [0.717, 1.165) is 24.9 Å². The van der Waals surface area contributed by atoms with E-state index in [4.69, 9.17) is 0 Å². The van der Waals surface area contributed by atoms with Crippen LogP contribution in [0, 0.1) is 5.92 Å². The molecule has 3 rings (SSSR count). The summed E-state index contributed by atoms with van der Waals surface area (Å²) in [5, 5.41) is 3.42. The van der Waals surface area contributed by atoms with E-state index in [9.17, 15) is 8.42 Å². The van der Waals surface area contributed by atoms with E-state index < -0.39 is 10.2 Å². The van der Waals surface area contributed by atoms with Gasteiger partial charge in [0.2, 0.25) is 0 Å². The maximum Gasteiger partial charge on any atom is 0.282 e. The normalized spacial score (nSPS) is 24.6. The molecule has 22 heavy (non-hydrogen) atoms. The van der Waals surface area contributed by atoms with Gasteiger partial charge in [-0.1, -0.05) is 18.2 Å². The van der Waals surface area contributed by atoms with Crippen molar-refractivity contribution in [3.05, 3.63) is 30.3 Å². The first-order chi connectivity index (χ1) is 10.5. The van der Waals surface area contributed by atoms with Gasteiger partial charge in [-0.05, 0) is 44.2 Å². The number of hydrogen-bond donors (Lipinski definition) is 1. The van der Waals surface area contributed by atoms with Gasteiger partial charge in [-0.15, -0.1) is 0 Å². The molecule has 0 unspecified atom stereocenters. The second kappa shape index (κ2) is 6.18. The third kappa shape index (κ3) is 3.29. The van der Waals surface area contributed by atoms with Crippen molar-refractivity contribution < 1.29 is 8.42 Å². The second-order valence-electron chi connectivity index (χ2n) is 6.46. The molecule has 2 aliphatic rings. The third-order valence-electron chi connectivity index (χ3n) is 4.86. The van der Waals surface area contributed by atoms with Gasteiger partial charge in [0.1, 0.15) is 0 Å². The average molecular weight is 323 g/mol. The second-order valence-corrected chi connectivity index (χ2v) is 8.44. The first kappa shape index (κ1) is 15.8. The topological polar surface area (TPSA) is 52.7 Å². The molecule has 2 fully saturated rings. The minimum absolute atomic E-state index is 0.103. The van der Waals surface area contributed by atoms with Gasteiger partial charge < -0.3 is 5.32 Å². The average Bonchev–Trinajstić information content (AvgIpc) is 3.26. The lowest BCUT2D eigenvalue weighted by molar-refractivity contribution is 0.323. The molecular weight excluding hydrogens is 298 g/mol. The molecule has 1 aromatic carbocycles. The Morgan fingerprint density at radius 1 is 1.23 bits per heavy atom. The zero-order valence-corrected chi connectivity index (χ0v) is 14.1. The molecule has 0 radical (unpaired) electrons. The Kier molecular flexibility index (Phi) is 4.43. The van der Waals surface area contributed by atoms with E-state index in [1.807, 2.05) is 37.3 Å². The lowest BCUT2D eigenvalue weighted by Crippen LogP contribution is -2.46. The molecule has 0 amide bonds. The monoisotopic (exact) mass is 323 g/mol. The summed E-state index contributed by atoms with van der Waals surface area (Å²) in [6.07, 6.45) is 3.15. The van der Waals surface area contributed by atoms with Crippen LogP contribution in [0.5, 0.6) is 0 Å². The highest BCUT2D eigenvalue weighted by Crippen LogP contribution is 2.36. The molecule has 122 valence electrons. The zero-order valence-electron chi connectivity index (χ0n) is 13.3. The standard InChI is InChI=1S/C16H25N3O2S/c1-13(14-8-9-14)18(2)22(20,21)19-11-10-16(12-19)17-15-6-4-3-5-7-15/h3-7,13-14,16-17H,8-12H2,1-2H3/t13-,16-/m1/s1. The smallest absolute Gasteiger partial charge is 0.282 e. The highest BCUT2D eigenvalue weighted by molar-refractivity contribution is 7.86. The molecule has 1 saturated heterocycles. The minimum Gasteiger partial charge on any atom is -0.381 e. The van der Waals surface area contributed by atoms with E-state index in [-0.39, 0.29) is 12.1 Å². The fourth-order valence-electron chi connectivity index (χ4n) is 3.09. The Morgan fingerprint density at radius 3 is 2.55 bits per heavy atom. The first-order valence-corrected chi connectivity index (χ1v) is 9.43. The van der Waals surface area contributed by atoms with E-state index >= 15 is 0 Å². The Morgan fingerprint density at radius 2 is 1.91 bits per heavy atom. The largest absolute Gasteiger partial charge is 0.381 e. The molecule has 1 heterocycles. The Hall–Kier alpha value is -1.11. The highest BCUT2D eigenvalue weighted by Gasteiger charge is 2.40. The molecule has 0 bridgehead atoms. The maximum atomic E-state index is 12.7. The summed E-state index contributed by atoms with van der Waals surface area (Å²) in [5.74, 6) is 0.542. The molecule has 6 heteroatoms. The van der Waals surface area contributed by atoms with Crippen molar-refractivity contribution in [3.8, 4) is 0 Å². The lowest BCUT2D eigenvalue weighted by atomic mass is 10.2. The maximum absolute atomic E-state index is 12.7. The SMILES string of the molecule is C[C@H](C1CC1)N(C)S(=O)(=O)N1CC[C@@H](Nc2ccccc2)C1. The predicted molar refractivity (Wildman–Crippen MR) is 88.9 cm³/mol. The van der Waals surface area contributed by atoms with Crippen LogP contribution in [-0.2, 0) is 10.2 Å². The van der Waals surface area contributed by atoms with Crippen LogP contribution in [0.3, 0.4) is 0 Å². The van der Waals surface area contributed by atoms with Crippen molar-refractivity contribution in [2.24, 2.45) is 5.92 Å². The molecular formula is C16H25N3O2S. The number of nitrogens with one attached hydrogen (secondary N) is 1. The third-order valence-corrected chi connectivity index (χ3v) is 6.91. The number of hydrogen-bond acceptors (Lipinski definition) is 3. The van der Waals surface area contributed by atoms with E-state index in [0.29, 0.717) is 19.0 Å². The molecule has 0 spiro atoms. The summed E-state index contributed by atoms with van der Waals surface area (Å²) < 4.78 is 28.6. The fourth-order valence-corrected chi connectivity index (χ4v) is 4.75. The summed E-state index contributed by atoms with van der Waals surface area (Å²) in [4.78, 5) is 0. The van der Waals surface area contributed by atoms with E-state index in [2.05, 4.69) is 5.32 Å². The van der Waals surface area contributed by atoms with Crippen LogP contribution < -0.4 is 5.32 Å². The molecule has 1 saturated carbocycles. The van der Waals surface area contributed by atoms with Crippen LogP contribution in [0.15, 0.2) is 30.3 Å². The first-order valence-electron chi connectivity index (χ1n) is 8.03. The number of para-hydroxylation sites is 1. The molecule has 1 aromatic rings. The summed E-state index contributed by atoms with van der Waals surface area (Å²) in [5.41, 5.74) is 1.05. The lowest BCUT2D eigenvalue weighted by Gasteiger charge is -2.29. The Bertz CT molecular complexity index is 601. The molecule has 2 atom stereocenters. The number of rotatable bonds is 6. The van der Waals surface area contributed by atoms with Crippen molar-refractivity contribution >= 4 is 15.9 Å². The van der Waals surface area contributed by atoms with Crippen LogP contribution >= 0.6 is 0 Å². The van der Waals surface area contributed by atoms with Gasteiger partial charge in [0.15, 0.2) is 0 Å². The van der Waals surface area contributed by atoms with Crippen molar-refractivity contribution in [1.82, 2.24) is 8.61 Å². The molecule has 1 N–H and O–H groups in total. The number of nitrogens with zero attached hydrogens (tertiary/aromatic N) is 2. The molecule has 5 nitrogen and oxygen atoms in total. The molecule has 1 aliphatic heterocycles. The summed E-state index contributed by atoms with van der Waals surface area (Å²) in [6, 6.07) is 10.3. The zero-order chi connectivity index (χ0) is 15.7. The van der Waals surface area contributed by atoms with Crippen LogP contribution in [0.25, 0.3) is 0 Å². The van der Waals surface area contributed by atoms with Gasteiger partial charge in [0, 0.05) is 37.9 Å². The van der Waals surface area contributed by atoms with Gasteiger partial charge in [-0.3, -0.25) is 0 Å². The van der Waals surface area contributed by atoms with Crippen LogP contribution in [-0.4, -0.2) is 49.2 Å². The van der Waals surface area contributed by atoms with Crippen molar-refractivity contribution in [3.63, 3.8) is 0 Å². The van der Waals surface area contributed by atoms with Crippen LogP contribution in [0.1, 0.15) is 26.2 Å². The van der Waals surface area contributed by atoms with Gasteiger partial charge in [0.05, 0.1) is 0 Å². The summed E-state index contributed by atoms with van der Waals surface area (Å²) >= 11 is 0. The van der Waals surface area contributed by atoms with Gasteiger partial charge in [0.25, 0.3) is 10.2 Å².